The van der Waals surface area contributed by atoms with Gasteiger partial charge in [0.25, 0.3) is 0 Å². The predicted octanol–water partition coefficient (Wildman–Crippen LogP) is 2.53. The van der Waals surface area contributed by atoms with E-state index in [1.807, 2.05) is 34.9 Å². The van der Waals surface area contributed by atoms with E-state index < -0.39 is 0 Å². The van der Waals surface area contributed by atoms with E-state index in [1.165, 1.54) is 0 Å². The van der Waals surface area contributed by atoms with Gasteiger partial charge in [-0.1, -0.05) is 18.2 Å². The summed E-state index contributed by atoms with van der Waals surface area (Å²) < 4.78 is 1.97. The largest absolute Gasteiger partial charge is 0.393 e. The Hall–Kier alpha value is -2.47. The molecule has 6 heteroatoms. The number of hydrogen-bond donors (Lipinski definition) is 2. The quantitative estimate of drug-likeness (QED) is 0.777. The molecule has 4 rings (SSSR count). The zero-order chi connectivity index (χ0) is 15.6. The number of benzene rings is 1. The molecule has 0 spiro atoms. The van der Waals surface area contributed by atoms with Crippen LogP contribution in [-0.2, 0) is 0 Å². The van der Waals surface area contributed by atoms with Crippen molar-refractivity contribution in [3.63, 3.8) is 0 Å². The number of aromatic nitrogens is 4. The third kappa shape index (κ3) is 2.77. The maximum absolute atomic E-state index is 9.63. The van der Waals surface area contributed by atoms with Crippen LogP contribution in [-0.4, -0.2) is 36.8 Å². The average Bonchev–Trinajstić information content (AvgIpc) is 3.03. The summed E-state index contributed by atoms with van der Waals surface area (Å²) in [6.45, 7) is 0. The van der Waals surface area contributed by atoms with Crippen LogP contribution in [0.1, 0.15) is 25.7 Å². The molecule has 6 nitrogen and oxygen atoms in total. The lowest BCUT2D eigenvalue weighted by molar-refractivity contribution is 0.126. The Morgan fingerprint density at radius 3 is 2.57 bits per heavy atom. The summed E-state index contributed by atoms with van der Waals surface area (Å²) in [5.41, 5.74) is 2.60. The summed E-state index contributed by atoms with van der Waals surface area (Å²) in [5, 5.41) is 13.1. The molecule has 0 amide bonds. The molecule has 0 atom stereocenters. The number of para-hydroxylation sites is 1. The SMILES string of the molecule is OC1CCC(Nc2ncnc3c2ncn3-c2ccccc2)CC1. The lowest BCUT2D eigenvalue weighted by Crippen LogP contribution is -2.28. The maximum Gasteiger partial charge on any atom is 0.170 e. The average molecular weight is 309 g/mol. The van der Waals surface area contributed by atoms with Gasteiger partial charge in [0, 0.05) is 11.7 Å². The van der Waals surface area contributed by atoms with Crippen LogP contribution in [0.25, 0.3) is 16.9 Å². The summed E-state index contributed by atoms with van der Waals surface area (Å²) in [6, 6.07) is 10.4. The Morgan fingerprint density at radius 1 is 1.00 bits per heavy atom. The van der Waals surface area contributed by atoms with Crippen LogP contribution in [0.15, 0.2) is 43.0 Å². The van der Waals surface area contributed by atoms with E-state index in [0.717, 1.165) is 48.4 Å². The summed E-state index contributed by atoms with van der Waals surface area (Å²) in [7, 11) is 0. The normalized spacial score (nSPS) is 21.4. The van der Waals surface area contributed by atoms with Gasteiger partial charge in [-0.15, -0.1) is 0 Å². The molecule has 0 bridgehead atoms. The van der Waals surface area contributed by atoms with Crippen molar-refractivity contribution in [3.8, 4) is 5.69 Å². The minimum atomic E-state index is -0.157. The second kappa shape index (κ2) is 5.96. The first-order valence-corrected chi connectivity index (χ1v) is 7.99. The van der Waals surface area contributed by atoms with Gasteiger partial charge in [0.15, 0.2) is 17.0 Å². The molecule has 1 fully saturated rings. The molecule has 23 heavy (non-hydrogen) atoms. The smallest absolute Gasteiger partial charge is 0.170 e. The Balaban J connectivity index is 1.65. The first-order valence-electron chi connectivity index (χ1n) is 7.99. The van der Waals surface area contributed by atoms with Gasteiger partial charge in [-0.25, -0.2) is 15.0 Å². The van der Waals surface area contributed by atoms with Crippen molar-refractivity contribution in [2.75, 3.05) is 5.32 Å². The number of nitrogens with zero attached hydrogens (tertiary/aromatic N) is 4. The van der Waals surface area contributed by atoms with Crippen LogP contribution in [0.2, 0.25) is 0 Å². The van der Waals surface area contributed by atoms with Gasteiger partial charge in [-0.05, 0) is 37.8 Å². The van der Waals surface area contributed by atoms with Crippen LogP contribution in [0.5, 0.6) is 0 Å². The molecule has 1 aliphatic carbocycles. The van der Waals surface area contributed by atoms with Gasteiger partial charge < -0.3 is 10.4 Å². The lowest BCUT2D eigenvalue weighted by atomic mass is 9.93. The van der Waals surface area contributed by atoms with Crippen LogP contribution >= 0.6 is 0 Å². The Morgan fingerprint density at radius 2 is 1.78 bits per heavy atom. The Bertz CT molecular complexity index is 793. The van der Waals surface area contributed by atoms with Gasteiger partial charge >= 0.3 is 0 Å². The van der Waals surface area contributed by atoms with Gasteiger partial charge in [-0.3, -0.25) is 4.57 Å². The second-order valence-corrected chi connectivity index (χ2v) is 5.99. The van der Waals surface area contributed by atoms with E-state index in [4.69, 9.17) is 0 Å². The molecular formula is C17H19N5O. The highest BCUT2D eigenvalue weighted by atomic mass is 16.3. The van der Waals surface area contributed by atoms with Crippen LogP contribution in [0.3, 0.4) is 0 Å². The van der Waals surface area contributed by atoms with E-state index in [1.54, 1.807) is 12.7 Å². The van der Waals surface area contributed by atoms with Crippen molar-refractivity contribution in [3.05, 3.63) is 43.0 Å². The van der Waals surface area contributed by atoms with Crippen molar-refractivity contribution < 1.29 is 5.11 Å². The number of fused-ring (bicyclic) bond motifs is 1. The zero-order valence-electron chi connectivity index (χ0n) is 12.8. The summed E-state index contributed by atoms with van der Waals surface area (Å²) in [6.07, 6.45) is 6.77. The Kier molecular flexibility index (Phi) is 3.67. The van der Waals surface area contributed by atoms with Crippen molar-refractivity contribution in [2.24, 2.45) is 0 Å². The molecule has 0 aliphatic heterocycles. The molecular weight excluding hydrogens is 290 g/mol. The third-order valence-corrected chi connectivity index (χ3v) is 4.41. The van der Waals surface area contributed by atoms with E-state index in [-0.39, 0.29) is 6.10 Å². The molecule has 0 unspecified atom stereocenters. The monoisotopic (exact) mass is 309 g/mol. The zero-order valence-corrected chi connectivity index (χ0v) is 12.8. The van der Waals surface area contributed by atoms with E-state index in [9.17, 15) is 5.11 Å². The van der Waals surface area contributed by atoms with Crippen molar-refractivity contribution in [1.29, 1.82) is 0 Å². The molecule has 0 radical (unpaired) electrons. The predicted molar refractivity (Wildman–Crippen MR) is 88.5 cm³/mol. The molecule has 3 aromatic rings. The highest BCUT2D eigenvalue weighted by molar-refractivity contribution is 5.84. The fraction of sp³-hybridized carbons (Fsp3) is 0.353. The number of imidazole rings is 1. The number of nitrogens with one attached hydrogen (secondary N) is 1. The summed E-state index contributed by atoms with van der Waals surface area (Å²) in [4.78, 5) is 13.3. The van der Waals surface area contributed by atoms with Gasteiger partial charge in [0.05, 0.1) is 6.10 Å². The minimum Gasteiger partial charge on any atom is -0.393 e. The van der Waals surface area contributed by atoms with Crippen molar-refractivity contribution in [1.82, 2.24) is 19.5 Å². The topological polar surface area (TPSA) is 75.9 Å². The molecule has 1 aromatic carbocycles. The van der Waals surface area contributed by atoms with Crippen molar-refractivity contribution in [2.45, 2.75) is 37.8 Å². The Labute approximate surface area is 134 Å². The van der Waals surface area contributed by atoms with E-state index in [0.29, 0.717) is 6.04 Å². The highest BCUT2D eigenvalue weighted by Gasteiger charge is 2.21. The molecule has 0 saturated heterocycles. The number of hydrogen-bond acceptors (Lipinski definition) is 5. The minimum absolute atomic E-state index is 0.157. The number of rotatable bonds is 3. The maximum atomic E-state index is 9.63. The summed E-state index contributed by atoms with van der Waals surface area (Å²) >= 11 is 0. The fourth-order valence-corrected chi connectivity index (χ4v) is 3.13. The molecule has 118 valence electrons. The molecule has 2 N–H and O–H groups in total. The van der Waals surface area contributed by atoms with Crippen molar-refractivity contribution >= 4 is 17.0 Å². The van der Waals surface area contributed by atoms with Crippen LogP contribution < -0.4 is 5.32 Å². The van der Waals surface area contributed by atoms with Crippen LogP contribution in [0.4, 0.5) is 5.82 Å². The van der Waals surface area contributed by atoms with Gasteiger partial charge in [-0.2, -0.15) is 0 Å². The molecule has 1 aliphatic rings. The first kappa shape index (κ1) is 14.1. The molecule has 1 saturated carbocycles. The standard InChI is InChI=1S/C17H19N5O/c23-14-8-6-12(7-9-14)21-16-15-17(19-10-18-16)22(11-20-15)13-4-2-1-3-5-13/h1-5,10-12,14,23H,6-9H2,(H,18,19,21). The van der Waals surface area contributed by atoms with Gasteiger partial charge in [0.2, 0.25) is 0 Å². The molecule has 2 aromatic heterocycles. The number of aliphatic hydroxyl groups excluding tert-OH is 1. The van der Waals surface area contributed by atoms with Crippen LogP contribution in [0, 0.1) is 0 Å². The van der Waals surface area contributed by atoms with Gasteiger partial charge in [0.1, 0.15) is 12.7 Å². The first-order chi connectivity index (χ1) is 11.3. The lowest BCUT2D eigenvalue weighted by Gasteiger charge is -2.26. The highest BCUT2D eigenvalue weighted by Crippen LogP contribution is 2.25. The molecule has 2 heterocycles. The van der Waals surface area contributed by atoms with E-state index in [2.05, 4.69) is 20.3 Å². The van der Waals surface area contributed by atoms with E-state index >= 15 is 0 Å². The second-order valence-electron chi connectivity index (χ2n) is 5.99. The third-order valence-electron chi connectivity index (χ3n) is 4.41. The fourth-order valence-electron chi connectivity index (χ4n) is 3.13. The summed E-state index contributed by atoms with van der Waals surface area (Å²) in [5.74, 6) is 0.770. The number of aliphatic hydroxyl groups is 1. The number of anilines is 1.